The van der Waals surface area contributed by atoms with Gasteiger partial charge in [-0.05, 0) is 37.1 Å². The molecule has 2 atom stereocenters. The van der Waals surface area contributed by atoms with Crippen LogP contribution in [0.15, 0.2) is 24.3 Å². The maximum absolute atomic E-state index is 5.99. The maximum atomic E-state index is 5.99. The van der Waals surface area contributed by atoms with E-state index in [2.05, 4.69) is 17.0 Å². The van der Waals surface area contributed by atoms with Crippen LogP contribution < -0.4 is 10.5 Å². The van der Waals surface area contributed by atoms with Gasteiger partial charge >= 0.3 is 0 Å². The van der Waals surface area contributed by atoms with Crippen molar-refractivity contribution in [1.29, 1.82) is 0 Å². The molecule has 2 N–H and O–H groups in total. The van der Waals surface area contributed by atoms with E-state index in [1.165, 1.54) is 12.0 Å². The van der Waals surface area contributed by atoms with Crippen LogP contribution in [0, 0.1) is 0 Å². The summed E-state index contributed by atoms with van der Waals surface area (Å²) >= 11 is 0. The van der Waals surface area contributed by atoms with Gasteiger partial charge in [-0.3, -0.25) is 4.90 Å². The Balaban J connectivity index is 2.13. The highest BCUT2D eigenvalue weighted by Gasteiger charge is 2.26. The van der Waals surface area contributed by atoms with Gasteiger partial charge in [-0.25, -0.2) is 0 Å². The van der Waals surface area contributed by atoms with Crippen molar-refractivity contribution >= 4 is 0 Å². The number of likely N-dealkylation sites (tertiary alicyclic amines) is 1. The Labute approximate surface area is 115 Å². The second kappa shape index (κ2) is 6.89. The normalized spacial score (nSPS) is 22.2. The predicted octanol–water partition coefficient (Wildman–Crippen LogP) is 1.81. The predicted molar refractivity (Wildman–Crippen MR) is 76.4 cm³/mol. The van der Waals surface area contributed by atoms with E-state index in [1.807, 2.05) is 12.1 Å². The van der Waals surface area contributed by atoms with Gasteiger partial charge in [-0.2, -0.15) is 0 Å². The van der Waals surface area contributed by atoms with Crippen molar-refractivity contribution in [3.63, 3.8) is 0 Å². The van der Waals surface area contributed by atoms with Crippen molar-refractivity contribution in [3.8, 4) is 5.75 Å². The number of hydrogen-bond acceptors (Lipinski definition) is 4. The Morgan fingerprint density at radius 3 is 2.95 bits per heavy atom. The third-order valence-corrected chi connectivity index (χ3v) is 3.89. The van der Waals surface area contributed by atoms with E-state index >= 15 is 0 Å². The summed E-state index contributed by atoms with van der Waals surface area (Å²) in [5.74, 6) is 0.885. The summed E-state index contributed by atoms with van der Waals surface area (Å²) in [5.41, 5.74) is 7.21. The Kier molecular flexibility index (Phi) is 5.19. The standard InChI is InChI=1S/C15H24N2O2/c1-18-13-6-3-5-12(9-13)15(10-16)17-8-4-7-14(11-17)19-2/h3,5-6,9,14-15H,4,7-8,10-11,16H2,1-2H3. The van der Waals surface area contributed by atoms with Gasteiger partial charge in [0.2, 0.25) is 0 Å². The number of nitrogens with zero attached hydrogens (tertiary/aromatic N) is 1. The average molecular weight is 264 g/mol. The first-order valence-electron chi connectivity index (χ1n) is 6.89. The molecule has 1 aliphatic heterocycles. The molecule has 106 valence electrons. The Hall–Kier alpha value is -1.10. The molecule has 0 aromatic heterocycles. The Bertz CT molecular complexity index is 397. The zero-order valence-corrected chi connectivity index (χ0v) is 11.8. The monoisotopic (exact) mass is 264 g/mol. The van der Waals surface area contributed by atoms with Gasteiger partial charge in [-0.15, -0.1) is 0 Å². The first kappa shape index (κ1) is 14.3. The molecule has 4 nitrogen and oxygen atoms in total. The molecule has 0 saturated carbocycles. The largest absolute Gasteiger partial charge is 0.497 e. The van der Waals surface area contributed by atoms with E-state index in [0.717, 1.165) is 25.3 Å². The molecule has 0 radical (unpaired) electrons. The number of piperidine rings is 1. The fraction of sp³-hybridized carbons (Fsp3) is 0.600. The topological polar surface area (TPSA) is 47.7 Å². The summed E-state index contributed by atoms with van der Waals surface area (Å²) in [5, 5.41) is 0. The lowest BCUT2D eigenvalue weighted by atomic mass is 10.0. The molecule has 0 bridgehead atoms. The molecular formula is C15H24N2O2. The number of benzene rings is 1. The van der Waals surface area contributed by atoms with Crippen molar-refractivity contribution in [2.45, 2.75) is 25.0 Å². The first-order chi connectivity index (χ1) is 9.28. The van der Waals surface area contributed by atoms with E-state index in [0.29, 0.717) is 12.6 Å². The van der Waals surface area contributed by atoms with E-state index in [9.17, 15) is 0 Å². The molecule has 0 spiro atoms. The minimum absolute atomic E-state index is 0.244. The van der Waals surface area contributed by atoms with Crippen LogP contribution in [0.5, 0.6) is 5.75 Å². The fourth-order valence-electron chi connectivity index (χ4n) is 2.79. The first-order valence-corrected chi connectivity index (χ1v) is 6.89. The van der Waals surface area contributed by atoms with E-state index < -0.39 is 0 Å². The molecular weight excluding hydrogens is 240 g/mol. The average Bonchev–Trinajstić information content (AvgIpc) is 2.48. The van der Waals surface area contributed by atoms with Crippen LogP contribution in [0.2, 0.25) is 0 Å². The SMILES string of the molecule is COc1cccc(C(CN)N2CCCC(OC)C2)c1. The highest BCUT2D eigenvalue weighted by atomic mass is 16.5. The van der Waals surface area contributed by atoms with Crippen molar-refractivity contribution in [2.75, 3.05) is 33.9 Å². The van der Waals surface area contributed by atoms with Crippen molar-refractivity contribution < 1.29 is 9.47 Å². The third kappa shape index (κ3) is 3.47. The maximum Gasteiger partial charge on any atom is 0.119 e. The van der Waals surface area contributed by atoms with Gasteiger partial charge in [0.15, 0.2) is 0 Å². The molecule has 1 aliphatic rings. The van der Waals surface area contributed by atoms with Crippen LogP contribution in [-0.2, 0) is 4.74 Å². The zero-order chi connectivity index (χ0) is 13.7. The van der Waals surface area contributed by atoms with E-state index in [-0.39, 0.29) is 6.04 Å². The van der Waals surface area contributed by atoms with Gasteiger partial charge in [0, 0.05) is 26.2 Å². The molecule has 2 unspecified atom stereocenters. The van der Waals surface area contributed by atoms with Crippen LogP contribution in [0.1, 0.15) is 24.4 Å². The lowest BCUT2D eigenvalue weighted by Crippen LogP contribution is -2.43. The smallest absolute Gasteiger partial charge is 0.119 e. The van der Waals surface area contributed by atoms with Crippen LogP contribution in [-0.4, -0.2) is 44.9 Å². The molecule has 0 aliphatic carbocycles. The van der Waals surface area contributed by atoms with Crippen LogP contribution in [0.3, 0.4) is 0 Å². The second-order valence-electron chi connectivity index (χ2n) is 5.02. The molecule has 1 aromatic carbocycles. The van der Waals surface area contributed by atoms with Crippen LogP contribution in [0.4, 0.5) is 0 Å². The zero-order valence-electron chi connectivity index (χ0n) is 11.8. The van der Waals surface area contributed by atoms with Crippen molar-refractivity contribution in [1.82, 2.24) is 4.90 Å². The minimum Gasteiger partial charge on any atom is -0.497 e. The lowest BCUT2D eigenvalue weighted by Gasteiger charge is -2.37. The second-order valence-corrected chi connectivity index (χ2v) is 5.02. The van der Waals surface area contributed by atoms with Gasteiger partial charge < -0.3 is 15.2 Å². The van der Waals surface area contributed by atoms with E-state index in [1.54, 1.807) is 14.2 Å². The molecule has 1 aromatic rings. The lowest BCUT2D eigenvalue weighted by molar-refractivity contribution is 0.0155. The van der Waals surface area contributed by atoms with Crippen LogP contribution in [0.25, 0.3) is 0 Å². The van der Waals surface area contributed by atoms with Crippen molar-refractivity contribution in [2.24, 2.45) is 5.73 Å². The Morgan fingerprint density at radius 1 is 1.42 bits per heavy atom. The highest BCUT2D eigenvalue weighted by molar-refractivity contribution is 5.30. The highest BCUT2D eigenvalue weighted by Crippen LogP contribution is 2.26. The van der Waals surface area contributed by atoms with E-state index in [4.69, 9.17) is 15.2 Å². The molecule has 19 heavy (non-hydrogen) atoms. The summed E-state index contributed by atoms with van der Waals surface area (Å²) in [7, 11) is 3.48. The summed E-state index contributed by atoms with van der Waals surface area (Å²) in [6.07, 6.45) is 2.63. The minimum atomic E-state index is 0.244. The third-order valence-electron chi connectivity index (χ3n) is 3.89. The number of nitrogens with two attached hydrogens (primary N) is 1. The molecule has 1 saturated heterocycles. The van der Waals surface area contributed by atoms with Gasteiger partial charge in [0.1, 0.15) is 5.75 Å². The van der Waals surface area contributed by atoms with Crippen molar-refractivity contribution in [3.05, 3.63) is 29.8 Å². The van der Waals surface area contributed by atoms with Crippen LogP contribution >= 0.6 is 0 Å². The van der Waals surface area contributed by atoms with Gasteiger partial charge in [0.05, 0.1) is 13.2 Å². The fourth-order valence-corrected chi connectivity index (χ4v) is 2.79. The quantitative estimate of drug-likeness (QED) is 0.881. The molecule has 1 fully saturated rings. The molecule has 4 heteroatoms. The summed E-state index contributed by atoms with van der Waals surface area (Å²) in [6.45, 7) is 2.65. The Morgan fingerprint density at radius 2 is 2.26 bits per heavy atom. The summed E-state index contributed by atoms with van der Waals surface area (Å²) < 4.78 is 10.8. The number of methoxy groups -OCH3 is 2. The molecule has 2 rings (SSSR count). The number of rotatable bonds is 5. The molecule has 1 heterocycles. The van der Waals surface area contributed by atoms with Gasteiger partial charge in [0.25, 0.3) is 0 Å². The number of ether oxygens (including phenoxy) is 2. The summed E-state index contributed by atoms with van der Waals surface area (Å²) in [4.78, 5) is 2.42. The summed E-state index contributed by atoms with van der Waals surface area (Å²) in [6, 6.07) is 8.43. The van der Waals surface area contributed by atoms with Gasteiger partial charge in [-0.1, -0.05) is 12.1 Å². The number of hydrogen-bond donors (Lipinski definition) is 1. The molecule has 0 amide bonds.